The molecule has 0 saturated carbocycles. The summed E-state index contributed by atoms with van der Waals surface area (Å²) in [5, 5.41) is 0. The van der Waals surface area contributed by atoms with Crippen LogP contribution in [0.25, 0.3) is 11.3 Å². The van der Waals surface area contributed by atoms with E-state index in [4.69, 9.17) is 10.5 Å². The van der Waals surface area contributed by atoms with Crippen molar-refractivity contribution in [2.24, 2.45) is 0 Å². The van der Waals surface area contributed by atoms with Gasteiger partial charge in [-0.2, -0.15) is 0 Å². The summed E-state index contributed by atoms with van der Waals surface area (Å²) in [6.07, 6.45) is 4.62. The quantitative estimate of drug-likeness (QED) is 0.831. The lowest BCUT2D eigenvalue weighted by molar-refractivity contribution is 0.414. The molecule has 2 aromatic rings. The van der Waals surface area contributed by atoms with Crippen molar-refractivity contribution in [2.75, 3.05) is 12.8 Å². The van der Waals surface area contributed by atoms with Crippen LogP contribution in [0.5, 0.6) is 5.75 Å². The Labute approximate surface area is 106 Å². The van der Waals surface area contributed by atoms with E-state index in [1.807, 2.05) is 6.07 Å². The average molecular weight is 241 g/mol. The van der Waals surface area contributed by atoms with Crippen LogP contribution in [0.4, 0.5) is 5.82 Å². The molecule has 1 heterocycles. The van der Waals surface area contributed by atoms with Crippen molar-refractivity contribution < 1.29 is 4.74 Å². The number of ether oxygens (including phenoxy) is 1. The Morgan fingerprint density at radius 3 is 3.00 bits per heavy atom. The number of nitrogen functional groups attached to an aromatic ring is 1. The van der Waals surface area contributed by atoms with Crippen LogP contribution < -0.4 is 10.5 Å². The van der Waals surface area contributed by atoms with Crippen LogP contribution in [-0.2, 0) is 12.8 Å². The van der Waals surface area contributed by atoms with Crippen LogP contribution in [-0.4, -0.2) is 17.1 Å². The third-order valence-corrected chi connectivity index (χ3v) is 3.29. The van der Waals surface area contributed by atoms with Gasteiger partial charge in [0.15, 0.2) is 0 Å². The van der Waals surface area contributed by atoms with E-state index in [-0.39, 0.29) is 0 Å². The zero-order chi connectivity index (χ0) is 12.5. The highest BCUT2D eigenvalue weighted by Crippen LogP contribution is 2.32. The smallest absolute Gasteiger partial charge is 0.142 e. The minimum Gasteiger partial charge on any atom is -0.497 e. The van der Waals surface area contributed by atoms with Gasteiger partial charge >= 0.3 is 0 Å². The maximum absolute atomic E-state index is 5.70. The van der Waals surface area contributed by atoms with E-state index in [1.165, 1.54) is 5.56 Å². The van der Waals surface area contributed by atoms with Crippen molar-refractivity contribution in [3.8, 4) is 17.0 Å². The van der Waals surface area contributed by atoms with Crippen LogP contribution in [0.2, 0.25) is 0 Å². The molecule has 0 spiro atoms. The summed E-state index contributed by atoms with van der Waals surface area (Å²) in [6, 6.07) is 6.11. The molecule has 1 aliphatic rings. The predicted octanol–water partition coefficient (Wildman–Crippen LogP) is 2.22. The molecule has 0 saturated heterocycles. The van der Waals surface area contributed by atoms with Crippen molar-refractivity contribution in [3.05, 3.63) is 35.7 Å². The number of aryl methyl sites for hydroxylation is 2. The van der Waals surface area contributed by atoms with Gasteiger partial charge in [-0.25, -0.2) is 4.98 Å². The molecule has 2 N–H and O–H groups in total. The van der Waals surface area contributed by atoms with Crippen LogP contribution >= 0.6 is 0 Å². The molecule has 18 heavy (non-hydrogen) atoms. The predicted molar refractivity (Wildman–Crippen MR) is 70.5 cm³/mol. The lowest BCUT2D eigenvalue weighted by Crippen LogP contribution is -2.00. The van der Waals surface area contributed by atoms with Crippen molar-refractivity contribution in [1.29, 1.82) is 0 Å². The van der Waals surface area contributed by atoms with Gasteiger partial charge in [0.1, 0.15) is 11.6 Å². The number of nitrogens with zero attached hydrogens (tertiary/aromatic N) is 2. The summed E-state index contributed by atoms with van der Waals surface area (Å²) in [5.74, 6) is 1.38. The highest BCUT2D eigenvalue weighted by molar-refractivity contribution is 5.68. The zero-order valence-electron chi connectivity index (χ0n) is 10.3. The summed E-state index contributed by atoms with van der Waals surface area (Å²) in [7, 11) is 1.69. The first-order valence-corrected chi connectivity index (χ1v) is 6.06. The summed E-state index contributed by atoms with van der Waals surface area (Å²) in [6.45, 7) is 0. The fraction of sp³-hybridized carbons (Fsp3) is 0.286. The second-order valence-corrected chi connectivity index (χ2v) is 4.47. The Hall–Kier alpha value is -2.10. The molecule has 0 atom stereocenters. The SMILES string of the molecule is COc1ccc2c(c1)CCCc1nc(N)cnc1-2. The molecule has 1 aromatic carbocycles. The highest BCUT2D eigenvalue weighted by Gasteiger charge is 2.17. The van der Waals surface area contributed by atoms with Crippen LogP contribution in [0.15, 0.2) is 24.4 Å². The summed E-state index contributed by atoms with van der Waals surface area (Å²) in [5.41, 5.74) is 10.1. The topological polar surface area (TPSA) is 61.0 Å². The van der Waals surface area contributed by atoms with E-state index in [0.717, 1.165) is 42.0 Å². The lowest BCUT2D eigenvalue weighted by atomic mass is 10.0. The fourth-order valence-corrected chi connectivity index (χ4v) is 2.42. The number of aromatic nitrogens is 2. The average Bonchev–Trinajstić information content (AvgIpc) is 2.56. The molecule has 1 aromatic heterocycles. The minimum atomic E-state index is 0.491. The molecule has 92 valence electrons. The first-order valence-electron chi connectivity index (χ1n) is 6.06. The molecule has 1 aliphatic carbocycles. The molecule has 4 heteroatoms. The van der Waals surface area contributed by atoms with Gasteiger partial charge in [-0.1, -0.05) is 0 Å². The second-order valence-electron chi connectivity index (χ2n) is 4.47. The van der Waals surface area contributed by atoms with Gasteiger partial charge in [-0.3, -0.25) is 4.98 Å². The molecule has 0 amide bonds. The summed E-state index contributed by atoms with van der Waals surface area (Å²) in [4.78, 5) is 8.85. The van der Waals surface area contributed by atoms with Crippen LogP contribution in [0.1, 0.15) is 17.7 Å². The van der Waals surface area contributed by atoms with E-state index in [1.54, 1.807) is 13.3 Å². The Morgan fingerprint density at radius 2 is 2.17 bits per heavy atom. The Morgan fingerprint density at radius 1 is 1.28 bits per heavy atom. The van der Waals surface area contributed by atoms with Gasteiger partial charge in [-0.15, -0.1) is 0 Å². The number of anilines is 1. The molecule has 3 rings (SSSR count). The highest BCUT2D eigenvalue weighted by atomic mass is 16.5. The van der Waals surface area contributed by atoms with Gasteiger partial charge in [-0.05, 0) is 43.0 Å². The van der Waals surface area contributed by atoms with Gasteiger partial charge in [0.05, 0.1) is 24.7 Å². The number of methoxy groups -OCH3 is 1. The fourth-order valence-electron chi connectivity index (χ4n) is 2.42. The molecular formula is C14H15N3O. The summed E-state index contributed by atoms with van der Waals surface area (Å²) >= 11 is 0. The van der Waals surface area contributed by atoms with Gasteiger partial charge in [0.25, 0.3) is 0 Å². The molecule has 0 fully saturated rings. The van der Waals surface area contributed by atoms with E-state index < -0.39 is 0 Å². The standard InChI is InChI=1S/C14H15N3O/c1-18-10-5-6-11-9(7-10)3-2-4-12-14(11)16-8-13(15)17-12/h5-8H,2-4H2,1H3,(H2,15,17). The molecule has 0 bridgehead atoms. The molecule has 0 radical (unpaired) electrons. The monoisotopic (exact) mass is 241 g/mol. The maximum Gasteiger partial charge on any atom is 0.142 e. The number of hydrogen-bond donors (Lipinski definition) is 1. The molecule has 4 nitrogen and oxygen atoms in total. The second kappa shape index (κ2) is 4.29. The minimum absolute atomic E-state index is 0.491. The number of benzene rings is 1. The molecular weight excluding hydrogens is 226 g/mol. The first kappa shape index (κ1) is 11.0. The molecule has 0 unspecified atom stereocenters. The number of nitrogens with two attached hydrogens (primary N) is 1. The van der Waals surface area contributed by atoms with E-state index >= 15 is 0 Å². The number of rotatable bonds is 1. The van der Waals surface area contributed by atoms with Gasteiger partial charge in [0.2, 0.25) is 0 Å². The summed E-state index contributed by atoms with van der Waals surface area (Å²) < 4.78 is 5.27. The van der Waals surface area contributed by atoms with Gasteiger partial charge < -0.3 is 10.5 Å². The third kappa shape index (κ3) is 1.79. The maximum atomic E-state index is 5.70. The Balaban J connectivity index is 2.18. The lowest BCUT2D eigenvalue weighted by Gasteiger charge is -2.09. The van der Waals surface area contributed by atoms with E-state index in [0.29, 0.717) is 5.82 Å². The van der Waals surface area contributed by atoms with Crippen molar-refractivity contribution in [3.63, 3.8) is 0 Å². The van der Waals surface area contributed by atoms with Crippen LogP contribution in [0, 0.1) is 0 Å². The third-order valence-electron chi connectivity index (χ3n) is 3.29. The number of fused-ring (bicyclic) bond motifs is 3. The normalized spacial score (nSPS) is 13.4. The van der Waals surface area contributed by atoms with Crippen LogP contribution in [0.3, 0.4) is 0 Å². The van der Waals surface area contributed by atoms with E-state index in [9.17, 15) is 0 Å². The van der Waals surface area contributed by atoms with Crippen molar-refractivity contribution >= 4 is 5.82 Å². The van der Waals surface area contributed by atoms with Crippen molar-refractivity contribution in [2.45, 2.75) is 19.3 Å². The zero-order valence-corrected chi connectivity index (χ0v) is 10.3. The first-order chi connectivity index (χ1) is 8.78. The van der Waals surface area contributed by atoms with Gasteiger partial charge in [0, 0.05) is 5.56 Å². The van der Waals surface area contributed by atoms with Crippen molar-refractivity contribution in [1.82, 2.24) is 9.97 Å². The van der Waals surface area contributed by atoms with E-state index in [2.05, 4.69) is 22.1 Å². The number of hydrogen-bond acceptors (Lipinski definition) is 4. The Bertz CT molecular complexity index is 596. The Kier molecular flexibility index (Phi) is 2.63. The molecule has 0 aliphatic heterocycles. The largest absolute Gasteiger partial charge is 0.497 e.